The number of thiophene rings is 1. The third-order valence-corrected chi connectivity index (χ3v) is 6.19. The summed E-state index contributed by atoms with van der Waals surface area (Å²) in [4.78, 5) is 13.0. The molecule has 4 rings (SSSR count). The summed E-state index contributed by atoms with van der Waals surface area (Å²) >= 11 is 3.61. The van der Waals surface area contributed by atoms with E-state index in [2.05, 4.69) is 41.2 Å². The number of benzene rings is 1. The molecule has 2 aromatic heterocycles. The van der Waals surface area contributed by atoms with Gasteiger partial charge in [0, 0.05) is 15.2 Å². The van der Waals surface area contributed by atoms with E-state index in [1.54, 1.807) is 18.1 Å². The van der Waals surface area contributed by atoms with Crippen molar-refractivity contribution in [2.24, 2.45) is 5.92 Å². The van der Waals surface area contributed by atoms with Gasteiger partial charge in [-0.25, -0.2) is 9.97 Å². The molecule has 1 atom stereocenters. The largest absolute Gasteiger partial charge is 0.229 e. The minimum Gasteiger partial charge on any atom is -0.229 e. The van der Waals surface area contributed by atoms with Crippen molar-refractivity contribution in [2.45, 2.75) is 36.1 Å². The van der Waals surface area contributed by atoms with Crippen LogP contribution in [0.5, 0.6) is 0 Å². The van der Waals surface area contributed by atoms with Gasteiger partial charge in [-0.3, -0.25) is 0 Å². The predicted molar refractivity (Wildman–Crippen MR) is 89.2 cm³/mol. The van der Waals surface area contributed by atoms with Gasteiger partial charge >= 0.3 is 0 Å². The van der Waals surface area contributed by atoms with Crippen LogP contribution in [0.25, 0.3) is 10.2 Å². The fraction of sp³-hybridized carbons (Fsp3) is 0.294. The summed E-state index contributed by atoms with van der Waals surface area (Å²) in [7, 11) is 0. The predicted octanol–water partition coefficient (Wildman–Crippen LogP) is 4.97. The Morgan fingerprint density at radius 3 is 2.90 bits per heavy atom. The Hall–Kier alpha value is -1.39. The molecule has 3 aromatic rings. The minimum absolute atomic E-state index is 0.795. The normalized spacial score (nSPS) is 17.9. The molecule has 2 heterocycles. The van der Waals surface area contributed by atoms with Gasteiger partial charge < -0.3 is 0 Å². The summed E-state index contributed by atoms with van der Waals surface area (Å²) < 4.78 is 0. The van der Waals surface area contributed by atoms with Crippen LogP contribution in [0.4, 0.5) is 0 Å². The van der Waals surface area contributed by atoms with Gasteiger partial charge in [0.15, 0.2) is 0 Å². The molecule has 21 heavy (non-hydrogen) atoms. The van der Waals surface area contributed by atoms with E-state index < -0.39 is 0 Å². The quantitative estimate of drug-likeness (QED) is 0.625. The topological polar surface area (TPSA) is 25.8 Å². The van der Waals surface area contributed by atoms with E-state index in [1.807, 2.05) is 17.4 Å². The van der Waals surface area contributed by atoms with Crippen LogP contribution in [0, 0.1) is 5.92 Å². The average Bonchev–Trinajstić information content (AvgIpc) is 2.86. The van der Waals surface area contributed by atoms with E-state index in [9.17, 15) is 0 Å². The second kappa shape index (κ2) is 5.43. The van der Waals surface area contributed by atoms with Crippen molar-refractivity contribution >= 4 is 33.3 Å². The molecule has 0 N–H and O–H groups in total. The number of hydrogen-bond acceptors (Lipinski definition) is 4. The van der Waals surface area contributed by atoms with Gasteiger partial charge in [-0.05, 0) is 42.9 Å². The highest BCUT2D eigenvalue weighted by Gasteiger charge is 2.23. The second-order valence-electron chi connectivity index (χ2n) is 5.63. The van der Waals surface area contributed by atoms with Gasteiger partial charge in [0.05, 0.1) is 0 Å². The molecule has 106 valence electrons. The third kappa shape index (κ3) is 2.47. The molecule has 0 spiro atoms. The summed E-state index contributed by atoms with van der Waals surface area (Å²) in [6.07, 6.45) is 5.36. The van der Waals surface area contributed by atoms with Crippen molar-refractivity contribution in [3.05, 3.63) is 47.1 Å². The number of aryl methyl sites for hydroxylation is 1. The Morgan fingerprint density at radius 1 is 1.19 bits per heavy atom. The molecule has 1 aliphatic rings. The maximum Gasteiger partial charge on any atom is 0.128 e. The van der Waals surface area contributed by atoms with Gasteiger partial charge in [-0.2, -0.15) is 0 Å². The smallest absolute Gasteiger partial charge is 0.128 e. The molecule has 1 aliphatic carbocycles. The molecule has 0 unspecified atom stereocenters. The molecule has 0 fully saturated rings. The molecular formula is C17H16N2S2. The van der Waals surface area contributed by atoms with E-state index in [-0.39, 0.29) is 0 Å². The fourth-order valence-electron chi connectivity index (χ4n) is 2.92. The van der Waals surface area contributed by atoms with Crippen LogP contribution in [0.15, 0.2) is 46.6 Å². The maximum atomic E-state index is 4.56. The molecule has 2 nitrogen and oxygen atoms in total. The van der Waals surface area contributed by atoms with Gasteiger partial charge in [0.2, 0.25) is 0 Å². The fourth-order valence-corrected chi connectivity index (χ4v) is 5.28. The third-order valence-electron chi connectivity index (χ3n) is 4.01. The van der Waals surface area contributed by atoms with Crippen LogP contribution in [-0.4, -0.2) is 9.97 Å². The first-order chi connectivity index (χ1) is 10.3. The summed E-state index contributed by atoms with van der Waals surface area (Å²) in [5, 5.41) is 2.41. The average molecular weight is 312 g/mol. The highest BCUT2D eigenvalue weighted by atomic mass is 32.2. The Kier molecular flexibility index (Phi) is 3.43. The molecular weight excluding hydrogens is 296 g/mol. The SMILES string of the molecule is C[C@H]1CCc2c(sc3ncnc(Sc4ccccc4)c23)C1. The number of rotatable bonds is 2. The van der Waals surface area contributed by atoms with Gasteiger partial charge in [0.1, 0.15) is 16.2 Å². The number of aromatic nitrogens is 2. The van der Waals surface area contributed by atoms with Gasteiger partial charge in [-0.1, -0.05) is 36.9 Å². The second-order valence-corrected chi connectivity index (χ2v) is 7.77. The minimum atomic E-state index is 0.795. The van der Waals surface area contributed by atoms with Crippen LogP contribution in [0.1, 0.15) is 23.8 Å². The zero-order chi connectivity index (χ0) is 14.2. The monoisotopic (exact) mass is 312 g/mol. The number of hydrogen-bond donors (Lipinski definition) is 0. The van der Waals surface area contributed by atoms with Crippen molar-refractivity contribution in [3.8, 4) is 0 Å². The number of nitrogens with zero attached hydrogens (tertiary/aromatic N) is 2. The molecule has 0 saturated carbocycles. The molecule has 0 bridgehead atoms. The van der Waals surface area contributed by atoms with Crippen molar-refractivity contribution < 1.29 is 0 Å². The van der Waals surface area contributed by atoms with Crippen LogP contribution in [0.2, 0.25) is 0 Å². The zero-order valence-electron chi connectivity index (χ0n) is 11.9. The standard InChI is InChI=1S/C17H16N2S2/c1-11-7-8-13-14(9-11)21-17-15(13)16(18-10-19-17)20-12-5-3-2-4-6-12/h2-6,10-11H,7-9H2,1H3/t11-/m0/s1. The first kappa shape index (κ1) is 13.3. The maximum absolute atomic E-state index is 4.56. The Morgan fingerprint density at radius 2 is 2.05 bits per heavy atom. The Labute approximate surface area is 132 Å². The lowest BCUT2D eigenvalue weighted by Crippen LogP contribution is -2.08. The van der Waals surface area contributed by atoms with E-state index in [0.717, 1.165) is 15.8 Å². The van der Waals surface area contributed by atoms with E-state index in [4.69, 9.17) is 0 Å². The Balaban J connectivity index is 1.82. The van der Waals surface area contributed by atoms with Gasteiger partial charge in [0.25, 0.3) is 0 Å². The van der Waals surface area contributed by atoms with E-state index in [1.165, 1.54) is 40.0 Å². The molecule has 0 amide bonds. The number of fused-ring (bicyclic) bond motifs is 3. The molecule has 4 heteroatoms. The van der Waals surface area contributed by atoms with Crippen LogP contribution < -0.4 is 0 Å². The highest BCUT2D eigenvalue weighted by Crippen LogP contribution is 2.41. The summed E-state index contributed by atoms with van der Waals surface area (Å²) in [5.41, 5.74) is 1.51. The molecule has 1 aromatic carbocycles. The van der Waals surface area contributed by atoms with E-state index in [0.29, 0.717) is 0 Å². The van der Waals surface area contributed by atoms with Crippen LogP contribution in [0.3, 0.4) is 0 Å². The van der Waals surface area contributed by atoms with Crippen molar-refractivity contribution in [1.82, 2.24) is 9.97 Å². The highest BCUT2D eigenvalue weighted by molar-refractivity contribution is 7.99. The summed E-state index contributed by atoms with van der Waals surface area (Å²) in [6.45, 7) is 2.35. The first-order valence-electron chi connectivity index (χ1n) is 7.29. The molecule has 0 saturated heterocycles. The first-order valence-corrected chi connectivity index (χ1v) is 8.92. The molecule has 0 radical (unpaired) electrons. The lowest BCUT2D eigenvalue weighted by molar-refractivity contribution is 0.509. The van der Waals surface area contributed by atoms with Crippen molar-refractivity contribution in [1.29, 1.82) is 0 Å². The van der Waals surface area contributed by atoms with Crippen LogP contribution >= 0.6 is 23.1 Å². The van der Waals surface area contributed by atoms with Gasteiger partial charge in [-0.15, -0.1) is 11.3 Å². The zero-order valence-corrected chi connectivity index (χ0v) is 13.5. The summed E-state index contributed by atoms with van der Waals surface area (Å²) in [6, 6.07) is 10.5. The summed E-state index contributed by atoms with van der Waals surface area (Å²) in [5.74, 6) is 0.795. The van der Waals surface area contributed by atoms with E-state index >= 15 is 0 Å². The lowest BCUT2D eigenvalue weighted by atomic mass is 9.89. The molecule has 0 aliphatic heterocycles. The van der Waals surface area contributed by atoms with Crippen LogP contribution in [-0.2, 0) is 12.8 Å². The van der Waals surface area contributed by atoms with Crippen molar-refractivity contribution in [3.63, 3.8) is 0 Å². The van der Waals surface area contributed by atoms with Crippen molar-refractivity contribution in [2.75, 3.05) is 0 Å². The Bertz CT molecular complexity index is 780. The lowest BCUT2D eigenvalue weighted by Gasteiger charge is -2.18.